The van der Waals surface area contributed by atoms with E-state index in [0.717, 1.165) is 77.6 Å². The van der Waals surface area contributed by atoms with Gasteiger partial charge in [0.2, 0.25) is 0 Å². The number of aromatic nitrogens is 4. The van der Waals surface area contributed by atoms with E-state index in [0.29, 0.717) is 18.8 Å². The Labute approximate surface area is 229 Å². The summed E-state index contributed by atoms with van der Waals surface area (Å²) in [5.41, 5.74) is 6.02. The molecule has 10 heteroatoms. The van der Waals surface area contributed by atoms with Crippen molar-refractivity contribution >= 4 is 39.4 Å². The lowest BCUT2D eigenvalue weighted by molar-refractivity contribution is -0.0856. The second-order valence-corrected chi connectivity index (χ2v) is 12.0. The Morgan fingerprint density at radius 3 is 2.86 bits per heavy atom. The second kappa shape index (κ2) is 9.71. The number of carbonyl (C=O) groups is 1. The normalized spacial score (nSPS) is 20.7. The minimum atomic E-state index is -0.343. The number of anilines is 1. The van der Waals surface area contributed by atoms with Gasteiger partial charge < -0.3 is 14.5 Å². The number of ether oxygens (including phenoxy) is 1. The van der Waals surface area contributed by atoms with Crippen molar-refractivity contribution in [3.8, 4) is 0 Å². The number of hydrogen-bond donors (Lipinski definition) is 0. The summed E-state index contributed by atoms with van der Waals surface area (Å²) in [5.74, 6) is 0.874. The molecule has 0 N–H and O–H groups in total. The maximum absolute atomic E-state index is 12.5. The summed E-state index contributed by atoms with van der Waals surface area (Å²) < 4.78 is 9.84. The Morgan fingerprint density at radius 1 is 1.19 bits per heavy atom. The zero-order valence-electron chi connectivity index (χ0n) is 21.5. The zero-order chi connectivity index (χ0) is 25.7. The molecule has 0 saturated heterocycles. The van der Waals surface area contributed by atoms with Crippen LogP contribution in [0.3, 0.4) is 0 Å². The first-order valence-corrected chi connectivity index (χ1v) is 14.8. The minimum Gasteiger partial charge on any atom is -0.365 e. The van der Waals surface area contributed by atoms with E-state index < -0.39 is 0 Å². The van der Waals surface area contributed by atoms with Crippen molar-refractivity contribution in [2.24, 2.45) is 0 Å². The smallest absolute Gasteiger partial charge is 0.273 e. The van der Waals surface area contributed by atoms with Gasteiger partial charge in [-0.15, -0.1) is 0 Å². The highest BCUT2D eigenvalue weighted by Crippen LogP contribution is 2.46. The Bertz CT molecular complexity index is 1380. The first-order valence-electron chi connectivity index (χ1n) is 12.8. The summed E-state index contributed by atoms with van der Waals surface area (Å²) in [6.45, 7) is 2.77. The number of amides is 1. The quantitative estimate of drug-likeness (QED) is 0.330. The summed E-state index contributed by atoms with van der Waals surface area (Å²) in [7, 11) is 3.51. The van der Waals surface area contributed by atoms with E-state index >= 15 is 0 Å². The molecule has 2 aliphatic heterocycles. The molecule has 1 unspecified atom stereocenters. The number of rotatable bonds is 3. The van der Waals surface area contributed by atoms with Crippen molar-refractivity contribution < 1.29 is 9.53 Å². The number of aryl methyl sites for hydroxylation is 2. The number of hydrogen-bond acceptors (Lipinski definition) is 7. The van der Waals surface area contributed by atoms with Gasteiger partial charge >= 0.3 is 0 Å². The maximum Gasteiger partial charge on any atom is 0.273 e. The van der Waals surface area contributed by atoms with E-state index in [1.54, 1.807) is 30.8 Å². The molecule has 4 heterocycles. The fraction of sp³-hybridized carbons (Fsp3) is 0.481. The maximum atomic E-state index is 12.5. The summed E-state index contributed by atoms with van der Waals surface area (Å²) in [6, 6.07) is 8.52. The molecule has 1 spiro atoms. The average Bonchev–Trinajstić information content (AvgIpc) is 3.19. The van der Waals surface area contributed by atoms with Crippen molar-refractivity contribution in [3.63, 3.8) is 0 Å². The number of carbonyl (C=O) groups excluding carboxylic acids is 1. The summed E-state index contributed by atoms with van der Waals surface area (Å²) in [6.07, 6.45) is 6.90. The highest BCUT2D eigenvalue weighted by Gasteiger charge is 2.43. The van der Waals surface area contributed by atoms with Gasteiger partial charge in [0.25, 0.3) is 5.91 Å². The fourth-order valence-corrected chi connectivity index (χ4v) is 6.61. The van der Waals surface area contributed by atoms with Gasteiger partial charge in [-0.05, 0) is 61.3 Å². The van der Waals surface area contributed by atoms with Crippen LogP contribution < -0.4 is 4.90 Å². The first-order chi connectivity index (χ1) is 17.9. The van der Waals surface area contributed by atoms with Crippen LogP contribution in [0.15, 0.2) is 33.9 Å². The molecule has 1 aromatic carbocycles. The van der Waals surface area contributed by atoms with Gasteiger partial charge in [0.15, 0.2) is 10.9 Å². The third-order valence-corrected chi connectivity index (χ3v) is 8.75. The largest absolute Gasteiger partial charge is 0.365 e. The van der Waals surface area contributed by atoms with Crippen LogP contribution in [-0.2, 0) is 42.9 Å². The number of thioether (sulfide) groups is 1. The Morgan fingerprint density at radius 2 is 2.05 bits per heavy atom. The molecule has 8 nitrogen and oxygen atoms in total. The Kier molecular flexibility index (Phi) is 6.53. The van der Waals surface area contributed by atoms with Crippen molar-refractivity contribution in [2.45, 2.75) is 62.6 Å². The highest BCUT2D eigenvalue weighted by atomic mass is 79.9. The van der Waals surface area contributed by atoms with E-state index in [-0.39, 0.29) is 11.5 Å². The van der Waals surface area contributed by atoms with E-state index in [4.69, 9.17) is 14.7 Å². The monoisotopic (exact) mass is 582 g/mol. The molecule has 1 aliphatic carbocycles. The highest BCUT2D eigenvalue weighted by molar-refractivity contribution is 9.10. The van der Waals surface area contributed by atoms with E-state index in [1.165, 1.54) is 11.1 Å². The molecule has 37 heavy (non-hydrogen) atoms. The van der Waals surface area contributed by atoms with Gasteiger partial charge in [-0.25, -0.2) is 9.97 Å². The molecule has 6 rings (SSSR count). The molecule has 1 amide bonds. The number of benzene rings is 1. The van der Waals surface area contributed by atoms with Crippen molar-refractivity contribution in [2.75, 3.05) is 31.8 Å². The third kappa shape index (κ3) is 4.46. The van der Waals surface area contributed by atoms with Crippen molar-refractivity contribution in [3.05, 3.63) is 62.5 Å². The molecule has 2 aromatic heterocycles. The molecule has 194 valence electrons. The Hall–Kier alpha value is -2.43. The van der Waals surface area contributed by atoms with Gasteiger partial charge in [0.1, 0.15) is 5.82 Å². The van der Waals surface area contributed by atoms with Crippen LogP contribution in [0, 0.1) is 0 Å². The summed E-state index contributed by atoms with van der Waals surface area (Å²) >= 11 is 5.26. The minimum absolute atomic E-state index is 0.0747. The molecule has 0 radical (unpaired) electrons. The molecule has 1 atom stereocenters. The number of halogens is 1. The average molecular weight is 584 g/mol. The summed E-state index contributed by atoms with van der Waals surface area (Å²) in [4.78, 5) is 26.4. The van der Waals surface area contributed by atoms with Gasteiger partial charge in [-0.2, -0.15) is 5.10 Å². The van der Waals surface area contributed by atoms with Crippen LogP contribution in [0.4, 0.5) is 5.82 Å². The van der Waals surface area contributed by atoms with Crippen molar-refractivity contribution in [1.29, 1.82) is 0 Å². The molecule has 0 fully saturated rings. The lowest BCUT2D eigenvalue weighted by Gasteiger charge is -2.43. The first kappa shape index (κ1) is 24.9. The standard InChI is InChI=1S/C27H31BrN6O2S/c1-32(2)25(35)22-13-19-15-33(10-5-11-34(19)31-22)24-20-16-36-27(14-23(20)29-26(30-24)37-3)9-4-6-17-7-8-18(28)12-21(17)27/h7-8,12-13H,4-6,9-11,14-16H2,1-3H3. The van der Waals surface area contributed by atoms with E-state index in [2.05, 4.69) is 44.1 Å². The summed E-state index contributed by atoms with van der Waals surface area (Å²) in [5, 5.41) is 5.39. The lowest BCUT2D eigenvalue weighted by Crippen LogP contribution is -2.40. The second-order valence-electron chi connectivity index (χ2n) is 10.3. The number of nitrogens with zero attached hydrogens (tertiary/aromatic N) is 6. The fourth-order valence-electron chi connectivity index (χ4n) is 5.87. The van der Waals surface area contributed by atoms with Crippen LogP contribution in [0.2, 0.25) is 0 Å². The SMILES string of the molecule is CSc1nc2c(c(N3CCCn4nc(C(=O)N(C)C)cc4C3)n1)COC1(CCCc3ccc(Br)cc31)C2. The predicted molar refractivity (Wildman–Crippen MR) is 147 cm³/mol. The molecular weight excluding hydrogens is 552 g/mol. The van der Waals surface area contributed by atoms with Gasteiger partial charge in [-0.1, -0.05) is 33.8 Å². The van der Waals surface area contributed by atoms with E-state index in [1.807, 2.05) is 17.0 Å². The lowest BCUT2D eigenvalue weighted by atomic mass is 9.75. The Balaban J connectivity index is 1.37. The van der Waals surface area contributed by atoms with Crippen LogP contribution in [0.25, 0.3) is 0 Å². The number of fused-ring (bicyclic) bond motifs is 4. The molecule has 3 aromatic rings. The van der Waals surface area contributed by atoms with Crippen LogP contribution in [0.5, 0.6) is 0 Å². The van der Waals surface area contributed by atoms with Gasteiger partial charge in [0.05, 0.1) is 30.1 Å². The topological polar surface area (TPSA) is 76.4 Å². The van der Waals surface area contributed by atoms with Crippen LogP contribution in [0.1, 0.15) is 57.8 Å². The van der Waals surface area contributed by atoms with Crippen molar-refractivity contribution in [1.82, 2.24) is 24.6 Å². The molecule has 3 aliphatic rings. The van der Waals surface area contributed by atoms with Crippen LogP contribution in [-0.4, -0.2) is 57.5 Å². The van der Waals surface area contributed by atoms with Gasteiger partial charge in [-0.3, -0.25) is 9.48 Å². The predicted octanol–water partition coefficient (Wildman–Crippen LogP) is 4.57. The third-order valence-electron chi connectivity index (χ3n) is 7.71. The van der Waals surface area contributed by atoms with E-state index in [9.17, 15) is 4.79 Å². The molecule has 0 bridgehead atoms. The van der Waals surface area contributed by atoms with Crippen LogP contribution >= 0.6 is 27.7 Å². The van der Waals surface area contributed by atoms with Gasteiger partial charge in [0, 0.05) is 43.6 Å². The zero-order valence-corrected chi connectivity index (χ0v) is 23.9. The molecule has 0 saturated carbocycles. The molecular formula is C27H31BrN6O2S.